The molecular formula is C27H33INO3P. The quantitative estimate of drug-likeness (QED) is 0.210. The summed E-state index contributed by atoms with van der Waals surface area (Å²) < 4.78 is 8.53. The van der Waals surface area contributed by atoms with Gasteiger partial charge in [-0.05, 0) is 0 Å². The molecule has 3 aromatic carbocycles. The number of hydrogen-bond acceptors (Lipinski definition) is 3. The van der Waals surface area contributed by atoms with Crippen LogP contribution in [0.3, 0.4) is 0 Å². The van der Waals surface area contributed by atoms with E-state index in [1.165, 1.54) is 15.9 Å². The molecule has 6 heteroatoms. The number of carbonyl (C=O) groups excluding carboxylic acids is 1. The first-order valence-electron chi connectivity index (χ1n) is 11.2. The van der Waals surface area contributed by atoms with Crippen LogP contribution in [0.25, 0.3) is 0 Å². The van der Waals surface area contributed by atoms with Crippen LogP contribution < -0.4 is 21.2 Å². The van der Waals surface area contributed by atoms with Gasteiger partial charge in [0.2, 0.25) is 0 Å². The minimum absolute atomic E-state index is 0.411. The van der Waals surface area contributed by atoms with Crippen molar-refractivity contribution in [3.8, 4) is 0 Å². The summed E-state index contributed by atoms with van der Waals surface area (Å²) in [7, 11) is 0. The van der Waals surface area contributed by atoms with Gasteiger partial charge in [-0.15, -0.1) is 0 Å². The van der Waals surface area contributed by atoms with Crippen molar-refractivity contribution >= 4 is 48.3 Å². The van der Waals surface area contributed by atoms with Crippen LogP contribution in [-0.4, -0.2) is 37.6 Å². The maximum absolute atomic E-state index is 11.9. The van der Waals surface area contributed by atoms with E-state index < -0.39 is 15.9 Å². The number of ether oxygens (including phenoxy) is 2. The Morgan fingerprint density at radius 2 is 1.21 bits per heavy atom. The van der Waals surface area contributed by atoms with E-state index in [-0.39, 0.29) is 0 Å². The van der Waals surface area contributed by atoms with Gasteiger partial charge in [0.15, 0.2) is 0 Å². The molecule has 0 saturated heterocycles. The molecule has 3 aromatic rings. The molecule has 0 spiro atoms. The maximum atomic E-state index is 11.9. The third-order valence-electron chi connectivity index (χ3n) is 5.45. The molecule has 4 nitrogen and oxygen atoms in total. The van der Waals surface area contributed by atoms with Gasteiger partial charge in [-0.3, -0.25) is 0 Å². The number of hydrogen-bond donors (Lipinski definition) is 1. The molecule has 0 saturated carbocycles. The van der Waals surface area contributed by atoms with Gasteiger partial charge in [0, 0.05) is 0 Å². The van der Waals surface area contributed by atoms with Gasteiger partial charge in [0.05, 0.1) is 0 Å². The van der Waals surface area contributed by atoms with Crippen LogP contribution >= 0.6 is 26.3 Å². The van der Waals surface area contributed by atoms with E-state index in [0.29, 0.717) is 19.8 Å². The SMILES string of the molecule is CC(C)(C)OC(=O)NCCOCCP(I)(c1ccccc1)(c1ccccc1)c1ccccc1. The Balaban J connectivity index is 1.83. The molecular weight excluding hydrogens is 544 g/mol. The summed E-state index contributed by atoms with van der Waals surface area (Å²) in [6.45, 7) is 6.97. The summed E-state index contributed by atoms with van der Waals surface area (Å²) in [5.74, 6) is 0. The van der Waals surface area contributed by atoms with E-state index >= 15 is 0 Å². The molecule has 0 bridgehead atoms. The van der Waals surface area contributed by atoms with Gasteiger partial charge in [0.1, 0.15) is 0 Å². The molecule has 0 aromatic heterocycles. The van der Waals surface area contributed by atoms with Crippen LogP contribution in [0.2, 0.25) is 0 Å². The molecule has 0 unspecified atom stereocenters. The normalized spacial score (nSPS) is 13.0. The molecule has 0 aliphatic heterocycles. The molecule has 0 aliphatic carbocycles. The zero-order valence-corrected chi connectivity index (χ0v) is 22.6. The molecule has 33 heavy (non-hydrogen) atoms. The average Bonchev–Trinajstić information content (AvgIpc) is 2.82. The Labute approximate surface area is 210 Å². The molecule has 176 valence electrons. The van der Waals surface area contributed by atoms with Gasteiger partial charge >= 0.3 is 211 Å². The summed E-state index contributed by atoms with van der Waals surface area (Å²) in [5.41, 5.74) is -0.509. The van der Waals surface area contributed by atoms with Crippen molar-refractivity contribution in [2.45, 2.75) is 26.4 Å². The summed E-state index contributed by atoms with van der Waals surface area (Å²) in [4.78, 5) is 11.9. The van der Waals surface area contributed by atoms with Crippen molar-refractivity contribution in [3.63, 3.8) is 0 Å². The van der Waals surface area contributed by atoms with E-state index in [0.717, 1.165) is 6.16 Å². The van der Waals surface area contributed by atoms with Crippen LogP contribution in [0, 0.1) is 0 Å². The monoisotopic (exact) mass is 577 g/mol. The molecule has 1 amide bonds. The number of amides is 1. The summed E-state index contributed by atoms with van der Waals surface area (Å²) in [6.07, 6.45) is 0.439. The van der Waals surface area contributed by atoms with Crippen LogP contribution in [0.1, 0.15) is 20.8 Å². The zero-order valence-electron chi connectivity index (χ0n) is 19.5. The number of carbonyl (C=O) groups is 1. The Bertz CT molecular complexity index is 924. The first kappa shape index (κ1) is 25.7. The van der Waals surface area contributed by atoms with Crippen molar-refractivity contribution in [1.82, 2.24) is 5.32 Å². The van der Waals surface area contributed by atoms with Crippen molar-refractivity contribution in [2.75, 3.05) is 25.9 Å². The molecule has 0 aliphatic rings. The number of alkyl carbamates (subject to hydrolysis) is 1. The van der Waals surface area contributed by atoms with Gasteiger partial charge < -0.3 is 0 Å². The topological polar surface area (TPSA) is 47.6 Å². The van der Waals surface area contributed by atoms with Crippen molar-refractivity contribution < 1.29 is 14.3 Å². The Morgan fingerprint density at radius 3 is 1.61 bits per heavy atom. The second-order valence-corrected chi connectivity index (χ2v) is 19.7. The van der Waals surface area contributed by atoms with Crippen LogP contribution in [0.4, 0.5) is 4.79 Å². The number of nitrogens with one attached hydrogen (secondary N) is 1. The molecule has 0 atom stereocenters. The predicted octanol–water partition coefficient (Wildman–Crippen LogP) is 5.41. The Kier molecular flexibility index (Phi) is 8.54. The number of benzene rings is 3. The van der Waals surface area contributed by atoms with Crippen LogP contribution in [0.15, 0.2) is 91.0 Å². The number of rotatable bonds is 9. The van der Waals surface area contributed by atoms with Gasteiger partial charge in [-0.1, -0.05) is 0 Å². The van der Waals surface area contributed by atoms with Crippen molar-refractivity contribution in [2.24, 2.45) is 0 Å². The predicted molar refractivity (Wildman–Crippen MR) is 149 cm³/mol. The molecule has 0 heterocycles. The van der Waals surface area contributed by atoms with Crippen molar-refractivity contribution in [3.05, 3.63) is 91.0 Å². The van der Waals surface area contributed by atoms with E-state index in [2.05, 4.69) is 118 Å². The molecule has 1 N–H and O–H groups in total. The standard InChI is InChI=1S/C27H33INO3P/c1-27(2,3)32-26(30)29-19-20-31-21-22-33(28,23-13-7-4-8-14-23,24-15-9-5-10-16-24)25-17-11-6-12-18-25/h4-18H,19-22H2,1-3H3,(H,29,30). The fourth-order valence-electron chi connectivity index (χ4n) is 3.93. The fourth-order valence-corrected chi connectivity index (χ4v) is 11.9. The second kappa shape index (κ2) is 11.0. The first-order valence-corrected chi connectivity index (χ1v) is 16.4. The average molecular weight is 577 g/mol. The summed E-state index contributed by atoms with van der Waals surface area (Å²) >= 11 is 2.75. The van der Waals surface area contributed by atoms with Gasteiger partial charge in [-0.2, -0.15) is 0 Å². The van der Waals surface area contributed by atoms with E-state index in [9.17, 15) is 4.79 Å². The summed E-state index contributed by atoms with van der Waals surface area (Å²) in [5, 5.41) is 6.76. The fraction of sp³-hybridized carbons (Fsp3) is 0.296. The van der Waals surface area contributed by atoms with Gasteiger partial charge in [0.25, 0.3) is 0 Å². The first-order chi connectivity index (χ1) is 15.7. The number of halogens is 1. The van der Waals surface area contributed by atoms with Crippen LogP contribution in [-0.2, 0) is 9.47 Å². The Hall–Kier alpha value is -1.95. The van der Waals surface area contributed by atoms with E-state index in [1.54, 1.807) is 0 Å². The third-order valence-corrected chi connectivity index (χ3v) is 17.1. The second-order valence-electron chi connectivity index (χ2n) is 8.95. The zero-order chi connectivity index (χ0) is 23.8. The molecule has 0 fully saturated rings. The minimum atomic E-state index is -2.82. The van der Waals surface area contributed by atoms with Crippen LogP contribution in [0.5, 0.6) is 0 Å². The molecule has 0 radical (unpaired) electrons. The third kappa shape index (κ3) is 6.14. The van der Waals surface area contributed by atoms with Gasteiger partial charge in [-0.25, -0.2) is 0 Å². The summed E-state index contributed by atoms with van der Waals surface area (Å²) in [6, 6.07) is 32.4. The molecule has 3 rings (SSSR count). The van der Waals surface area contributed by atoms with E-state index in [4.69, 9.17) is 9.47 Å². The Morgan fingerprint density at radius 1 is 0.788 bits per heavy atom. The van der Waals surface area contributed by atoms with Crippen molar-refractivity contribution in [1.29, 1.82) is 0 Å². The van der Waals surface area contributed by atoms with E-state index in [1.807, 2.05) is 20.8 Å².